The molecule has 0 radical (unpaired) electrons. The summed E-state index contributed by atoms with van der Waals surface area (Å²) in [5, 5.41) is 7.50. The van der Waals surface area contributed by atoms with Crippen LogP contribution in [0.3, 0.4) is 0 Å². The van der Waals surface area contributed by atoms with Crippen molar-refractivity contribution in [3.05, 3.63) is 77.1 Å². The second kappa shape index (κ2) is 9.79. The minimum atomic E-state index is -0.166. The minimum absolute atomic E-state index is 0.114. The summed E-state index contributed by atoms with van der Waals surface area (Å²) >= 11 is 0. The predicted molar refractivity (Wildman–Crippen MR) is 121 cm³/mol. The van der Waals surface area contributed by atoms with E-state index in [1.54, 1.807) is 0 Å². The Morgan fingerprint density at radius 2 is 2.03 bits per heavy atom. The Hall–Kier alpha value is -3.12. The number of carbonyl (C=O) groups excluding carboxylic acids is 1. The fourth-order valence-electron chi connectivity index (χ4n) is 3.83. The van der Waals surface area contributed by atoms with E-state index in [4.69, 9.17) is 9.47 Å². The predicted octanol–water partition coefficient (Wildman–Crippen LogP) is 4.75. The van der Waals surface area contributed by atoms with E-state index >= 15 is 0 Å². The van der Waals surface area contributed by atoms with Gasteiger partial charge in [0.2, 0.25) is 0 Å². The van der Waals surface area contributed by atoms with Crippen LogP contribution in [0.1, 0.15) is 46.6 Å². The zero-order chi connectivity index (χ0) is 21.6. The van der Waals surface area contributed by atoms with Gasteiger partial charge in [0.25, 0.3) is 5.91 Å². The quantitative estimate of drug-likeness (QED) is 0.600. The summed E-state index contributed by atoms with van der Waals surface area (Å²) in [5.74, 6) is 0.490. The monoisotopic (exact) mass is 419 g/mol. The maximum absolute atomic E-state index is 12.9. The number of aryl methyl sites for hydroxylation is 2. The topological polar surface area (TPSA) is 65.4 Å². The summed E-state index contributed by atoms with van der Waals surface area (Å²) in [5.41, 5.74) is 4.37. The highest BCUT2D eigenvalue weighted by atomic mass is 16.5. The van der Waals surface area contributed by atoms with Gasteiger partial charge in [0.05, 0.1) is 24.0 Å². The lowest BCUT2D eigenvalue weighted by Gasteiger charge is -2.23. The number of hydrogen-bond donors (Lipinski definition) is 1. The van der Waals surface area contributed by atoms with Gasteiger partial charge in [-0.1, -0.05) is 24.3 Å². The van der Waals surface area contributed by atoms with E-state index in [0.717, 1.165) is 36.4 Å². The van der Waals surface area contributed by atoms with Crippen LogP contribution < -0.4 is 10.1 Å². The van der Waals surface area contributed by atoms with Crippen LogP contribution in [0.15, 0.2) is 54.6 Å². The van der Waals surface area contributed by atoms with Crippen molar-refractivity contribution in [1.29, 1.82) is 0 Å². The first-order valence-corrected chi connectivity index (χ1v) is 10.8. The smallest absolute Gasteiger partial charge is 0.255 e. The molecule has 162 valence electrons. The molecule has 1 aliphatic rings. The highest BCUT2D eigenvalue weighted by Crippen LogP contribution is 2.26. The molecule has 0 aliphatic carbocycles. The van der Waals surface area contributed by atoms with Crippen molar-refractivity contribution in [3.8, 4) is 5.75 Å². The Labute approximate surface area is 183 Å². The van der Waals surface area contributed by atoms with E-state index in [1.807, 2.05) is 73.1 Å². The molecule has 2 aromatic carbocycles. The minimum Gasteiger partial charge on any atom is -0.489 e. The number of anilines is 1. The summed E-state index contributed by atoms with van der Waals surface area (Å²) in [6.45, 7) is 5.92. The van der Waals surface area contributed by atoms with Crippen molar-refractivity contribution in [2.45, 2.75) is 45.8 Å². The van der Waals surface area contributed by atoms with E-state index in [-0.39, 0.29) is 12.0 Å². The van der Waals surface area contributed by atoms with Crippen molar-refractivity contribution in [2.24, 2.45) is 0 Å². The number of carbonyl (C=O) groups is 1. The van der Waals surface area contributed by atoms with Crippen LogP contribution >= 0.6 is 0 Å². The number of para-hydroxylation sites is 2. The maximum Gasteiger partial charge on any atom is 0.255 e. The third-order valence-electron chi connectivity index (χ3n) is 5.46. The molecule has 1 atom stereocenters. The van der Waals surface area contributed by atoms with E-state index < -0.39 is 0 Å². The van der Waals surface area contributed by atoms with E-state index in [9.17, 15) is 4.79 Å². The molecule has 0 saturated carbocycles. The lowest BCUT2D eigenvalue weighted by Crippen LogP contribution is -2.26. The number of benzene rings is 2. The van der Waals surface area contributed by atoms with Crippen LogP contribution in [0.2, 0.25) is 0 Å². The fraction of sp³-hybridized carbons (Fsp3) is 0.360. The van der Waals surface area contributed by atoms with Crippen LogP contribution in [0.5, 0.6) is 5.75 Å². The molecular formula is C25H29N3O3. The SMILES string of the molecule is Cc1cc(C)n(Cc2cccc(C(=O)Nc3ccccc3OCC3CCCCO3)c2)n1. The molecule has 2 heterocycles. The van der Waals surface area contributed by atoms with Gasteiger partial charge in [0.1, 0.15) is 12.4 Å². The largest absolute Gasteiger partial charge is 0.489 e. The van der Waals surface area contributed by atoms with Crippen molar-refractivity contribution in [1.82, 2.24) is 9.78 Å². The highest BCUT2D eigenvalue weighted by molar-refractivity contribution is 6.05. The van der Waals surface area contributed by atoms with Crippen molar-refractivity contribution in [2.75, 3.05) is 18.5 Å². The molecule has 6 nitrogen and oxygen atoms in total. The van der Waals surface area contributed by atoms with Crippen LogP contribution in [0.25, 0.3) is 0 Å². The number of nitrogens with one attached hydrogen (secondary N) is 1. The first-order chi connectivity index (χ1) is 15.1. The second-order valence-electron chi connectivity index (χ2n) is 8.03. The zero-order valence-electron chi connectivity index (χ0n) is 18.1. The Morgan fingerprint density at radius 3 is 2.81 bits per heavy atom. The molecule has 1 aliphatic heterocycles. The third kappa shape index (κ3) is 5.52. The first kappa shape index (κ1) is 21.1. The van der Waals surface area contributed by atoms with Crippen LogP contribution in [0, 0.1) is 13.8 Å². The van der Waals surface area contributed by atoms with Gasteiger partial charge in [-0.15, -0.1) is 0 Å². The first-order valence-electron chi connectivity index (χ1n) is 10.8. The molecule has 1 N–H and O–H groups in total. The Kier molecular flexibility index (Phi) is 6.67. The van der Waals surface area contributed by atoms with Crippen LogP contribution in [-0.4, -0.2) is 35.0 Å². The molecule has 3 aromatic rings. The lowest BCUT2D eigenvalue weighted by atomic mass is 10.1. The number of nitrogens with zero attached hydrogens (tertiary/aromatic N) is 2. The van der Waals surface area contributed by atoms with E-state index in [1.165, 1.54) is 6.42 Å². The van der Waals surface area contributed by atoms with Gasteiger partial charge in [0, 0.05) is 17.9 Å². The van der Waals surface area contributed by atoms with Gasteiger partial charge in [0.15, 0.2) is 0 Å². The van der Waals surface area contributed by atoms with Crippen LogP contribution in [-0.2, 0) is 11.3 Å². The summed E-state index contributed by atoms with van der Waals surface area (Å²) in [4.78, 5) is 12.9. The molecule has 1 unspecified atom stereocenters. The molecule has 0 bridgehead atoms. The van der Waals surface area contributed by atoms with Crippen molar-refractivity contribution < 1.29 is 14.3 Å². The highest BCUT2D eigenvalue weighted by Gasteiger charge is 2.16. The third-order valence-corrected chi connectivity index (χ3v) is 5.46. The number of hydrogen-bond acceptors (Lipinski definition) is 4. The maximum atomic E-state index is 12.9. The van der Waals surface area contributed by atoms with Gasteiger partial charge < -0.3 is 14.8 Å². The number of ether oxygens (including phenoxy) is 2. The molecule has 1 aromatic heterocycles. The Morgan fingerprint density at radius 1 is 1.16 bits per heavy atom. The lowest BCUT2D eigenvalue weighted by molar-refractivity contribution is -0.0109. The zero-order valence-corrected chi connectivity index (χ0v) is 18.1. The molecule has 31 heavy (non-hydrogen) atoms. The average Bonchev–Trinajstić information content (AvgIpc) is 3.10. The van der Waals surface area contributed by atoms with Crippen LogP contribution in [0.4, 0.5) is 5.69 Å². The molecule has 6 heteroatoms. The average molecular weight is 420 g/mol. The molecule has 1 fully saturated rings. The van der Waals surface area contributed by atoms with Crippen molar-refractivity contribution in [3.63, 3.8) is 0 Å². The number of amides is 1. The summed E-state index contributed by atoms with van der Waals surface area (Å²) in [6.07, 6.45) is 3.40. The standard InChI is InChI=1S/C25H29N3O3/c1-18-14-19(2)28(27-18)16-20-8-7-9-21(15-20)25(29)26-23-11-3-4-12-24(23)31-17-22-10-5-6-13-30-22/h3-4,7-9,11-12,14-15,22H,5-6,10,13,16-17H2,1-2H3,(H,26,29). The molecular weight excluding hydrogens is 390 g/mol. The fourth-order valence-corrected chi connectivity index (χ4v) is 3.83. The summed E-state index contributed by atoms with van der Waals surface area (Å²) in [6, 6.07) is 17.2. The van der Waals surface area contributed by atoms with Gasteiger partial charge >= 0.3 is 0 Å². The number of rotatable bonds is 7. The molecule has 1 amide bonds. The summed E-state index contributed by atoms with van der Waals surface area (Å²) in [7, 11) is 0. The van der Waals surface area contributed by atoms with E-state index in [2.05, 4.69) is 10.4 Å². The Balaban J connectivity index is 1.43. The molecule has 1 saturated heterocycles. The second-order valence-corrected chi connectivity index (χ2v) is 8.03. The van der Waals surface area contributed by atoms with Gasteiger partial charge in [-0.3, -0.25) is 9.48 Å². The van der Waals surface area contributed by atoms with Crippen molar-refractivity contribution >= 4 is 11.6 Å². The molecule has 4 rings (SSSR count). The normalized spacial score (nSPS) is 16.1. The van der Waals surface area contributed by atoms with Gasteiger partial charge in [-0.25, -0.2) is 0 Å². The van der Waals surface area contributed by atoms with E-state index in [0.29, 0.717) is 30.2 Å². The Bertz CT molecular complexity index is 1040. The summed E-state index contributed by atoms with van der Waals surface area (Å²) < 4.78 is 13.7. The number of aromatic nitrogens is 2. The van der Waals surface area contributed by atoms with Gasteiger partial charge in [-0.2, -0.15) is 5.10 Å². The molecule has 0 spiro atoms. The van der Waals surface area contributed by atoms with Gasteiger partial charge in [-0.05, 0) is 69.0 Å².